The molecule has 0 bridgehead atoms. The number of ether oxygens (including phenoxy) is 3. The van der Waals surface area contributed by atoms with Crippen molar-refractivity contribution in [1.29, 1.82) is 0 Å². The molecule has 0 radical (unpaired) electrons. The van der Waals surface area contributed by atoms with Crippen LogP contribution in [0.5, 0.6) is 0 Å². The van der Waals surface area contributed by atoms with E-state index in [-0.39, 0.29) is 42.6 Å². The molecule has 0 saturated carbocycles. The van der Waals surface area contributed by atoms with Crippen LogP contribution in [0.2, 0.25) is 0 Å². The molecule has 3 heterocycles. The predicted octanol–water partition coefficient (Wildman–Crippen LogP) is 7.86. The summed E-state index contributed by atoms with van der Waals surface area (Å²) in [6, 6.07) is 0. The molecular formula is C37H66O7. The van der Waals surface area contributed by atoms with E-state index < -0.39 is 12.2 Å². The molecule has 0 aromatic heterocycles. The third kappa shape index (κ3) is 14.2. The van der Waals surface area contributed by atoms with Crippen LogP contribution >= 0.6 is 0 Å². The molecule has 0 unspecified atom stereocenters. The summed E-state index contributed by atoms with van der Waals surface area (Å²) in [5.41, 5.74) is 0.590. The summed E-state index contributed by atoms with van der Waals surface area (Å²) in [7, 11) is 0. The molecule has 7 heteroatoms. The predicted molar refractivity (Wildman–Crippen MR) is 175 cm³/mol. The lowest BCUT2D eigenvalue weighted by Gasteiger charge is -2.24. The summed E-state index contributed by atoms with van der Waals surface area (Å²) in [6.45, 7) is 4.10. The maximum absolute atomic E-state index is 11.7. The van der Waals surface area contributed by atoms with Crippen LogP contribution in [0.4, 0.5) is 0 Å². The van der Waals surface area contributed by atoms with E-state index in [1.165, 1.54) is 70.6 Å². The van der Waals surface area contributed by atoms with E-state index in [4.69, 9.17) is 14.2 Å². The molecule has 0 spiro atoms. The van der Waals surface area contributed by atoms with Crippen molar-refractivity contribution < 1.29 is 34.3 Å². The number of cyclic esters (lactones) is 1. The molecule has 3 rings (SSSR count). The van der Waals surface area contributed by atoms with Gasteiger partial charge in [0.2, 0.25) is 0 Å². The van der Waals surface area contributed by atoms with Crippen molar-refractivity contribution in [3.63, 3.8) is 0 Å². The Morgan fingerprint density at radius 3 is 1.52 bits per heavy atom. The van der Waals surface area contributed by atoms with E-state index in [1.54, 1.807) is 6.08 Å². The van der Waals surface area contributed by atoms with Gasteiger partial charge < -0.3 is 29.5 Å². The maximum Gasteiger partial charge on any atom is 0.334 e. The molecule has 3 N–H and O–H groups in total. The smallest absolute Gasteiger partial charge is 0.334 e. The Balaban J connectivity index is 1.15. The largest absolute Gasteiger partial charge is 0.455 e. The Kier molecular flexibility index (Phi) is 18.5. The molecule has 44 heavy (non-hydrogen) atoms. The minimum Gasteiger partial charge on any atom is -0.455 e. The van der Waals surface area contributed by atoms with E-state index in [1.807, 2.05) is 6.92 Å². The van der Waals surface area contributed by atoms with Crippen LogP contribution in [0.1, 0.15) is 168 Å². The van der Waals surface area contributed by atoms with Gasteiger partial charge in [0.25, 0.3) is 0 Å². The molecule has 2 fully saturated rings. The first-order valence-corrected chi connectivity index (χ1v) is 18.6. The number of unbranched alkanes of at least 4 members (excludes halogenated alkanes) is 14. The zero-order chi connectivity index (χ0) is 31.6. The van der Waals surface area contributed by atoms with Gasteiger partial charge in [-0.2, -0.15) is 0 Å². The Hall–Kier alpha value is -0.990. The first-order chi connectivity index (χ1) is 21.4. The lowest BCUT2D eigenvalue weighted by Crippen LogP contribution is -2.33. The molecule has 7 nitrogen and oxygen atoms in total. The lowest BCUT2D eigenvalue weighted by molar-refractivity contribution is -0.139. The summed E-state index contributed by atoms with van der Waals surface area (Å²) in [5.74, 6) is -0.302. The molecule has 0 amide bonds. The fraction of sp³-hybridized carbons (Fsp3) is 0.919. The quantitative estimate of drug-likeness (QED) is 0.0703. The van der Waals surface area contributed by atoms with Gasteiger partial charge in [-0.15, -0.1) is 0 Å². The molecular weight excluding hydrogens is 556 g/mol. The summed E-state index contributed by atoms with van der Waals surface area (Å²) < 4.78 is 17.6. The third-order valence-electron chi connectivity index (χ3n) is 10.0. The van der Waals surface area contributed by atoms with Gasteiger partial charge >= 0.3 is 5.97 Å². The summed E-state index contributed by atoms with van der Waals surface area (Å²) >= 11 is 0. The highest BCUT2D eigenvalue weighted by Crippen LogP contribution is 2.34. The standard InChI is InChI=1S/C37H66O7/c1-3-4-5-6-7-8-9-10-11-12-13-17-20-31(39)33-22-24-35(43-33)36-25-23-34(44-36)32(40)21-18-15-14-16-19-30(38)27-29-26-28(2)42-37(29)41/h26,28,30-36,38-40H,3-25,27H2,1-2H3/t28-,30+,31+,32+,33+,34-,35+,36+/m0/s1. The van der Waals surface area contributed by atoms with E-state index in [0.29, 0.717) is 18.4 Å². The Morgan fingerprint density at radius 1 is 0.659 bits per heavy atom. The fourth-order valence-corrected chi connectivity index (χ4v) is 7.28. The second-order valence-corrected chi connectivity index (χ2v) is 14.0. The minimum atomic E-state index is -0.513. The number of hydrogen-bond acceptors (Lipinski definition) is 7. The van der Waals surface area contributed by atoms with Gasteiger partial charge in [0.05, 0.1) is 42.7 Å². The maximum atomic E-state index is 11.7. The normalized spacial score (nSPS) is 27.4. The average molecular weight is 623 g/mol. The number of carbonyl (C=O) groups excluding carboxylic acids is 1. The van der Waals surface area contributed by atoms with Crippen LogP contribution in [-0.4, -0.2) is 70.1 Å². The van der Waals surface area contributed by atoms with Crippen molar-refractivity contribution in [1.82, 2.24) is 0 Å². The highest BCUT2D eigenvalue weighted by molar-refractivity contribution is 5.90. The number of hydrogen-bond donors (Lipinski definition) is 3. The topological polar surface area (TPSA) is 105 Å². The van der Waals surface area contributed by atoms with E-state index in [2.05, 4.69) is 6.92 Å². The first kappa shape index (κ1) is 37.5. The second kappa shape index (κ2) is 21.7. The van der Waals surface area contributed by atoms with Gasteiger partial charge in [-0.05, 0) is 57.9 Å². The van der Waals surface area contributed by atoms with Crippen LogP contribution in [-0.2, 0) is 19.0 Å². The monoisotopic (exact) mass is 622 g/mol. The van der Waals surface area contributed by atoms with Crippen LogP contribution in [0, 0.1) is 0 Å². The number of rotatable bonds is 25. The van der Waals surface area contributed by atoms with Gasteiger partial charge in [-0.3, -0.25) is 0 Å². The fourth-order valence-electron chi connectivity index (χ4n) is 7.28. The van der Waals surface area contributed by atoms with Crippen molar-refractivity contribution in [2.24, 2.45) is 0 Å². The molecule has 0 aromatic rings. The summed E-state index contributed by atoms with van der Waals surface area (Å²) in [4.78, 5) is 11.7. The van der Waals surface area contributed by atoms with Gasteiger partial charge in [0.1, 0.15) is 6.10 Å². The van der Waals surface area contributed by atoms with Crippen molar-refractivity contribution in [2.45, 2.75) is 217 Å². The lowest BCUT2D eigenvalue weighted by atomic mass is 9.99. The molecule has 0 aromatic carbocycles. The SMILES string of the molecule is CCCCCCCCCCCCCC[C@@H](O)[C@H]1CC[C@H]([C@H]2CC[C@@H]([C@H](O)CCCCCC[C@@H](O)CC3=C[C@H](C)OC3=O)O2)O1. The van der Waals surface area contributed by atoms with E-state index in [0.717, 1.165) is 70.6 Å². The van der Waals surface area contributed by atoms with Crippen molar-refractivity contribution in [3.05, 3.63) is 11.6 Å². The highest BCUT2D eigenvalue weighted by atomic mass is 16.6. The second-order valence-electron chi connectivity index (χ2n) is 14.0. The number of aliphatic hydroxyl groups is 3. The van der Waals surface area contributed by atoms with E-state index >= 15 is 0 Å². The average Bonchev–Trinajstić information content (AvgIpc) is 3.75. The highest BCUT2D eigenvalue weighted by Gasteiger charge is 2.40. The summed E-state index contributed by atoms with van der Waals surface area (Å²) in [5, 5.41) is 31.7. The number of carbonyl (C=O) groups is 1. The van der Waals surface area contributed by atoms with Crippen LogP contribution in [0.15, 0.2) is 11.6 Å². The van der Waals surface area contributed by atoms with E-state index in [9.17, 15) is 20.1 Å². The Morgan fingerprint density at radius 2 is 1.09 bits per heavy atom. The Bertz CT molecular complexity index is 801. The zero-order valence-corrected chi connectivity index (χ0v) is 28.1. The number of esters is 1. The van der Waals surface area contributed by atoms with Gasteiger partial charge in [-0.25, -0.2) is 4.79 Å². The van der Waals surface area contributed by atoms with Crippen LogP contribution in [0.25, 0.3) is 0 Å². The van der Waals surface area contributed by atoms with Crippen molar-refractivity contribution in [2.75, 3.05) is 0 Å². The van der Waals surface area contributed by atoms with Crippen LogP contribution in [0.3, 0.4) is 0 Å². The zero-order valence-electron chi connectivity index (χ0n) is 28.1. The van der Waals surface area contributed by atoms with Crippen molar-refractivity contribution in [3.8, 4) is 0 Å². The number of aliphatic hydroxyl groups excluding tert-OH is 3. The molecule has 3 aliphatic rings. The minimum absolute atomic E-state index is 0.0234. The molecule has 256 valence electrons. The summed E-state index contributed by atoms with van der Waals surface area (Å²) in [6.07, 6.45) is 26.0. The van der Waals surface area contributed by atoms with Crippen molar-refractivity contribution >= 4 is 5.97 Å². The molecule has 3 aliphatic heterocycles. The van der Waals surface area contributed by atoms with Gasteiger partial charge in [0, 0.05) is 12.0 Å². The first-order valence-electron chi connectivity index (χ1n) is 18.6. The van der Waals surface area contributed by atoms with Gasteiger partial charge in [-0.1, -0.05) is 110 Å². The molecule has 2 saturated heterocycles. The van der Waals surface area contributed by atoms with Crippen LogP contribution < -0.4 is 0 Å². The third-order valence-corrected chi connectivity index (χ3v) is 10.0. The Labute approximate surface area is 268 Å². The molecule has 8 atom stereocenters. The van der Waals surface area contributed by atoms with Gasteiger partial charge in [0.15, 0.2) is 0 Å². The molecule has 0 aliphatic carbocycles.